The van der Waals surface area contributed by atoms with Gasteiger partial charge in [-0.3, -0.25) is 4.79 Å². The predicted molar refractivity (Wildman–Crippen MR) is 64.3 cm³/mol. The van der Waals surface area contributed by atoms with Gasteiger partial charge in [-0.15, -0.1) is 0 Å². The van der Waals surface area contributed by atoms with Gasteiger partial charge in [0.1, 0.15) is 5.82 Å². The van der Waals surface area contributed by atoms with E-state index < -0.39 is 5.54 Å². The first-order valence-electron chi connectivity index (χ1n) is 5.76. The van der Waals surface area contributed by atoms with E-state index in [1.807, 2.05) is 13.8 Å². The molecule has 0 saturated carbocycles. The van der Waals surface area contributed by atoms with Crippen molar-refractivity contribution in [3.63, 3.8) is 0 Å². The monoisotopic (exact) mass is 239 g/mol. The van der Waals surface area contributed by atoms with E-state index in [0.29, 0.717) is 18.4 Å². The molecule has 0 aliphatic rings. The highest BCUT2D eigenvalue weighted by molar-refractivity contribution is 5.94. The molecule has 1 aromatic carbocycles. The van der Waals surface area contributed by atoms with Crippen LogP contribution >= 0.6 is 0 Å². The minimum atomic E-state index is -0.592. The summed E-state index contributed by atoms with van der Waals surface area (Å²) in [4.78, 5) is 11.9. The van der Waals surface area contributed by atoms with Crippen LogP contribution in [-0.4, -0.2) is 23.2 Å². The number of carbonyl (C=O) groups excluding carboxylic acids is 1. The van der Waals surface area contributed by atoms with E-state index in [9.17, 15) is 14.3 Å². The molecular formula is C13H18FNO2. The third kappa shape index (κ3) is 3.27. The lowest BCUT2D eigenvalue weighted by Crippen LogP contribution is -2.50. The fraction of sp³-hybridized carbons (Fsp3) is 0.462. The number of aliphatic hydroxyl groups excluding tert-OH is 1. The van der Waals surface area contributed by atoms with E-state index in [4.69, 9.17) is 0 Å². The smallest absolute Gasteiger partial charge is 0.251 e. The van der Waals surface area contributed by atoms with Crippen LogP contribution in [0.2, 0.25) is 0 Å². The maximum Gasteiger partial charge on any atom is 0.251 e. The average molecular weight is 239 g/mol. The molecule has 1 aromatic rings. The van der Waals surface area contributed by atoms with Crippen molar-refractivity contribution in [1.82, 2.24) is 5.32 Å². The van der Waals surface area contributed by atoms with Crippen molar-refractivity contribution in [2.45, 2.75) is 32.2 Å². The van der Waals surface area contributed by atoms with Gasteiger partial charge in [-0.25, -0.2) is 4.39 Å². The zero-order chi connectivity index (χ0) is 12.9. The molecule has 0 aliphatic heterocycles. The summed E-state index contributed by atoms with van der Waals surface area (Å²) in [6, 6.07) is 5.34. The first kappa shape index (κ1) is 13.6. The Balaban J connectivity index is 2.81. The highest BCUT2D eigenvalue weighted by atomic mass is 19.1. The molecule has 0 bridgehead atoms. The lowest BCUT2D eigenvalue weighted by atomic mass is 9.93. The minimum absolute atomic E-state index is 0.104. The number of hydrogen-bond donors (Lipinski definition) is 2. The normalized spacial score (nSPS) is 11.3. The lowest BCUT2D eigenvalue weighted by molar-refractivity contribution is 0.0818. The number of aliphatic hydroxyl groups is 1. The van der Waals surface area contributed by atoms with Crippen molar-refractivity contribution in [1.29, 1.82) is 0 Å². The minimum Gasteiger partial charge on any atom is -0.394 e. The number of nitrogens with one attached hydrogen (secondary N) is 1. The highest BCUT2D eigenvalue weighted by Crippen LogP contribution is 2.15. The molecule has 1 rings (SSSR count). The standard InChI is InChI=1S/C13H18FNO2/c1-3-13(4-2,9-16)15-12(17)10-5-7-11(14)8-6-10/h5-8,16H,3-4,9H2,1-2H3,(H,15,17). The summed E-state index contributed by atoms with van der Waals surface area (Å²) >= 11 is 0. The Kier molecular flexibility index (Phi) is 4.63. The fourth-order valence-corrected chi connectivity index (χ4v) is 1.60. The summed E-state index contributed by atoms with van der Waals surface area (Å²) in [5.74, 6) is -0.663. The Morgan fingerprint density at radius 2 is 1.82 bits per heavy atom. The summed E-state index contributed by atoms with van der Waals surface area (Å²) in [6.45, 7) is 3.71. The van der Waals surface area contributed by atoms with Crippen LogP contribution in [0.1, 0.15) is 37.0 Å². The average Bonchev–Trinajstić information content (AvgIpc) is 2.37. The number of amides is 1. The van der Waals surface area contributed by atoms with Crippen LogP contribution in [0.3, 0.4) is 0 Å². The molecule has 1 amide bonds. The van der Waals surface area contributed by atoms with Gasteiger partial charge in [-0.1, -0.05) is 13.8 Å². The van der Waals surface area contributed by atoms with E-state index in [-0.39, 0.29) is 18.3 Å². The summed E-state index contributed by atoms with van der Waals surface area (Å²) in [5.41, 5.74) is -0.197. The maximum atomic E-state index is 12.7. The SMILES string of the molecule is CCC(CC)(CO)NC(=O)c1ccc(F)cc1. The molecule has 4 heteroatoms. The van der Waals surface area contributed by atoms with Gasteiger partial charge in [0, 0.05) is 5.56 Å². The third-order valence-electron chi connectivity index (χ3n) is 3.14. The Hall–Kier alpha value is -1.42. The molecule has 0 aromatic heterocycles. The summed E-state index contributed by atoms with van der Waals surface area (Å²) < 4.78 is 12.7. The predicted octanol–water partition coefficient (Wildman–Crippen LogP) is 2.11. The molecule has 94 valence electrons. The zero-order valence-corrected chi connectivity index (χ0v) is 10.2. The summed E-state index contributed by atoms with van der Waals surface area (Å²) in [5, 5.41) is 12.1. The topological polar surface area (TPSA) is 49.3 Å². The Morgan fingerprint density at radius 3 is 2.24 bits per heavy atom. The molecule has 0 fully saturated rings. The second kappa shape index (κ2) is 5.77. The second-order valence-electron chi connectivity index (χ2n) is 4.11. The van der Waals surface area contributed by atoms with E-state index in [1.165, 1.54) is 24.3 Å². The molecule has 0 saturated heterocycles. The molecule has 17 heavy (non-hydrogen) atoms. The van der Waals surface area contributed by atoms with Crippen LogP contribution in [0.4, 0.5) is 4.39 Å². The van der Waals surface area contributed by atoms with Gasteiger partial charge in [0.15, 0.2) is 0 Å². The fourth-order valence-electron chi connectivity index (χ4n) is 1.60. The molecular weight excluding hydrogens is 221 g/mol. The van der Waals surface area contributed by atoms with E-state index in [1.54, 1.807) is 0 Å². The summed E-state index contributed by atoms with van der Waals surface area (Å²) in [7, 11) is 0. The molecule has 0 unspecified atom stereocenters. The number of benzene rings is 1. The van der Waals surface area contributed by atoms with Crippen molar-refractivity contribution in [3.8, 4) is 0 Å². The van der Waals surface area contributed by atoms with E-state index in [2.05, 4.69) is 5.32 Å². The van der Waals surface area contributed by atoms with Crippen LogP contribution in [-0.2, 0) is 0 Å². The lowest BCUT2D eigenvalue weighted by Gasteiger charge is -2.30. The highest BCUT2D eigenvalue weighted by Gasteiger charge is 2.27. The molecule has 0 spiro atoms. The van der Waals surface area contributed by atoms with E-state index >= 15 is 0 Å². The van der Waals surface area contributed by atoms with Crippen LogP contribution in [0.5, 0.6) is 0 Å². The molecule has 0 radical (unpaired) electrons. The molecule has 0 atom stereocenters. The van der Waals surface area contributed by atoms with Gasteiger partial charge in [-0.2, -0.15) is 0 Å². The van der Waals surface area contributed by atoms with Crippen LogP contribution in [0.15, 0.2) is 24.3 Å². The van der Waals surface area contributed by atoms with Gasteiger partial charge in [0.25, 0.3) is 5.91 Å². The van der Waals surface area contributed by atoms with Crippen LogP contribution in [0, 0.1) is 5.82 Å². The quantitative estimate of drug-likeness (QED) is 0.826. The largest absolute Gasteiger partial charge is 0.394 e. The Morgan fingerprint density at radius 1 is 1.29 bits per heavy atom. The first-order chi connectivity index (χ1) is 8.06. The molecule has 0 heterocycles. The van der Waals surface area contributed by atoms with Gasteiger partial charge in [0.2, 0.25) is 0 Å². The van der Waals surface area contributed by atoms with Crippen LogP contribution in [0.25, 0.3) is 0 Å². The van der Waals surface area contributed by atoms with E-state index in [0.717, 1.165) is 0 Å². The van der Waals surface area contributed by atoms with Crippen molar-refractivity contribution >= 4 is 5.91 Å². The van der Waals surface area contributed by atoms with Crippen LogP contribution < -0.4 is 5.32 Å². The van der Waals surface area contributed by atoms with Crippen molar-refractivity contribution < 1.29 is 14.3 Å². The number of rotatable bonds is 5. The second-order valence-corrected chi connectivity index (χ2v) is 4.11. The van der Waals surface area contributed by atoms with Gasteiger partial charge in [0.05, 0.1) is 12.1 Å². The van der Waals surface area contributed by atoms with Gasteiger partial charge >= 0.3 is 0 Å². The maximum absolute atomic E-state index is 12.7. The number of halogens is 1. The molecule has 2 N–H and O–H groups in total. The number of carbonyl (C=O) groups is 1. The Labute approximate surface area is 101 Å². The first-order valence-corrected chi connectivity index (χ1v) is 5.76. The van der Waals surface area contributed by atoms with Gasteiger partial charge in [-0.05, 0) is 37.1 Å². The zero-order valence-electron chi connectivity index (χ0n) is 10.2. The molecule has 3 nitrogen and oxygen atoms in total. The Bertz CT molecular complexity index is 363. The number of hydrogen-bond acceptors (Lipinski definition) is 2. The summed E-state index contributed by atoms with van der Waals surface area (Å²) in [6.07, 6.45) is 1.29. The third-order valence-corrected chi connectivity index (χ3v) is 3.14. The van der Waals surface area contributed by atoms with Crippen molar-refractivity contribution in [2.24, 2.45) is 0 Å². The van der Waals surface area contributed by atoms with Gasteiger partial charge < -0.3 is 10.4 Å². The van der Waals surface area contributed by atoms with Crippen molar-refractivity contribution in [3.05, 3.63) is 35.6 Å². The van der Waals surface area contributed by atoms with Crippen molar-refractivity contribution in [2.75, 3.05) is 6.61 Å². The molecule has 0 aliphatic carbocycles.